The lowest BCUT2D eigenvalue weighted by molar-refractivity contribution is -0.138. The fourth-order valence-corrected chi connectivity index (χ4v) is 5.56. The van der Waals surface area contributed by atoms with E-state index in [1.54, 1.807) is 43.3 Å². The molecule has 2 heterocycles. The highest BCUT2D eigenvalue weighted by Crippen LogP contribution is 2.35. The maximum atomic E-state index is 13.9. The Morgan fingerprint density at radius 1 is 1.12 bits per heavy atom. The van der Waals surface area contributed by atoms with Crippen molar-refractivity contribution in [2.75, 3.05) is 20.3 Å². The van der Waals surface area contributed by atoms with Crippen LogP contribution in [0.5, 0.6) is 11.5 Å². The van der Waals surface area contributed by atoms with Crippen LogP contribution in [-0.2, 0) is 9.53 Å². The second-order valence-electron chi connectivity index (χ2n) is 8.84. The Morgan fingerprint density at radius 2 is 1.88 bits per heavy atom. The Balaban J connectivity index is 1.75. The van der Waals surface area contributed by atoms with Gasteiger partial charge in [-0.15, -0.1) is 0 Å². The van der Waals surface area contributed by atoms with Crippen molar-refractivity contribution in [3.63, 3.8) is 0 Å². The number of benzene rings is 3. The second-order valence-corrected chi connectivity index (χ2v) is 9.85. The number of nitrogens with zero attached hydrogens (tertiary/aromatic N) is 3. The summed E-state index contributed by atoms with van der Waals surface area (Å²) in [5, 5.41) is 8.83. The first-order valence-corrected chi connectivity index (χ1v) is 13.5. The summed E-state index contributed by atoms with van der Waals surface area (Å²) in [7, 11) is 1.48. The van der Waals surface area contributed by atoms with Crippen LogP contribution in [0.2, 0.25) is 0 Å². The van der Waals surface area contributed by atoms with Gasteiger partial charge < -0.3 is 14.2 Å². The summed E-state index contributed by atoms with van der Waals surface area (Å²) in [4.78, 5) is 32.6. The van der Waals surface area contributed by atoms with Crippen LogP contribution in [0.15, 0.2) is 88.2 Å². The molecule has 3 aromatic carbocycles. The van der Waals surface area contributed by atoms with Gasteiger partial charge in [-0.05, 0) is 48.4 Å². The zero-order valence-electron chi connectivity index (χ0n) is 22.2. The largest absolute Gasteiger partial charge is 0.493 e. The van der Waals surface area contributed by atoms with Gasteiger partial charge in [0.05, 0.1) is 35.6 Å². The Labute approximate surface area is 238 Å². The van der Waals surface area contributed by atoms with Gasteiger partial charge in [0.2, 0.25) is 0 Å². The van der Waals surface area contributed by atoms with E-state index in [1.807, 2.05) is 36.4 Å². The number of thiazole rings is 1. The summed E-state index contributed by atoms with van der Waals surface area (Å²) < 4.78 is 32.0. The fourth-order valence-electron chi connectivity index (χ4n) is 4.56. The molecule has 206 valence electrons. The molecule has 0 bridgehead atoms. The zero-order valence-corrected chi connectivity index (χ0v) is 23.0. The maximum Gasteiger partial charge on any atom is 0.338 e. The number of esters is 1. The molecular weight excluding hydrogens is 545 g/mol. The van der Waals surface area contributed by atoms with E-state index in [0.717, 1.165) is 0 Å². The van der Waals surface area contributed by atoms with Crippen LogP contribution in [0.25, 0.3) is 11.8 Å². The predicted octanol–water partition coefficient (Wildman–Crippen LogP) is 3.99. The van der Waals surface area contributed by atoms with Gasteiger partial charge in [0, 0.05) is 5.56 Å². The molecule has 41 heavy (non-hydrogen) atoms. The molecule has 10 heteroatoms. The molecule has 1 aliphatic rings. The van der Waals surface area contributed by atoms with Gasteiger partial charge >= 0.3 is 5.97 Å². The number of carbonyl (C=O) groups excluding carboxylic acids is 1. The average molecular weight is 570 g/mol. The Kier molecular flexibility index (Phi) is 8.08. The SMILES string of the molecule is CCOC(=O)C1=C(c2ccccc2)N=c2sc(=Cc3ccc(OCC#N)c(OC)c3)c(=O)n2[C@@H]1c1ccc(F)cc1. The van der Waals surface area contributed by atoms with Crippen LogP contribution in [-0.4, -0.2) is 30.9 Å². The van der Waals surface area contributed by atoms with Crippen LogP contribution in [0.4, 0.5) is 4.39 Å². The minimum absolute atomic E-state index is 0.126. The summed E-state index contributed by atoms with van der Waals surface area (Å²) >= 11 is 1.17. The molecule has 0 fully saturated rings. The molecule has 0 spiro atoms. The van der Waals surface area contributed by atoms with Crippen molar-refractivity contribution < 1.29 is 23.4 Å². The molecule has 8 nitrogen and oxygen atoms in total. The smallest absolute Gasteiger partial charge is 0.338 e. The van der Waals surface area contributed by atoms with Crippen molar-refractivity contribution >= 4 is 29.1 Å². The highest BCUT2D eigenvalue weighted by Gasteiger charge is 2.35. The van der Waals surface area contributed by atoms with Gasteiger partial charge in [0.1, 0.15) is 11.9 Å². The third-order valence-electron chi connectivity index (χ3n) is 6.34. The highest BCUT2D eigenvalue weighted by atomic mass is 32.1. The van der Waals surface area contributed by atoms with Crippen LogP contribution < -0.4 is 24.4 Å². The van der Waals surface area contributed by atoms with Gasteiger partial charge in [-0.25, -0.2) is 14.2 Å². The van der Waals surface area contributed by atoms with Crippen LogP contribution in [0.1, 0.15) is 29.7 Å². The maximum absolute atomic E-state index is 13.9. The molecule has 0 aliphatic carbocycles. The first kappa shape index (κ1) is 27.6. The van der Waals surface area contributed by atoms with Crippen molar-refractivity contribution in [2.24, 2.45) is 4.99 Å². The van der Waals surface area contributed by atoms with Crippen LogP contribution >= 0.6 is 11.3 Å². The lowest BCUT2D eigenvalue weighted by atomic mass is 9.93. The molecule has 0 saturated heterocycles. The van der Waals surface area contributed by atoms with E-state index in [9.17, 15) is 14.0 Å². The van der Waals surface area contributed by atoms with E-state index < -0.39 is 17.8 Å². The minimum atomic E-state index is -0.903. The normalized spacial score (nSPS) is 14.6. The number of nitriles is 1. The summed E-state index contributed by atoms with van der Waals surface area (Å²) in [5.74, 6) is -0.254. The Morgan fingerprint density at radius 3 is 2.56 bits per heavy atom. The molecule has 1 atom stereocenters. The van der Waals surface area contributed by atoms with E-state index in [4.69, 9.17) is 24.5 Å². The molecule has 5 rings (SSSR count). The first-order valence-electron chi connectivity index (χ1n) is 12.7. The van der Waals surface area contributed by atoms with Crippen molar-refractivity contribution in [3.05, 3.63) is 121 Å². The number of halogens is 1. The van der Waals surface area contributed by atoms with Crippen molar-refractivity contribution in [2.45, 2.75) is 13.0 Å². The Bertz CT molecular complexity index is 1850. The van der Waals surface area contributed by atoms with Crippen molar-refractivity contribution in [3.8, 4) is 17.6 Å². The van der Waals surface area contributed by atoms with E-state index in [0.29, 0.717) is 43.2 Å². The minimum Gasteiger partial charge on any atom is -0.493 e. The van der Waals surface area contributed by atoms with Crippen molar-refractivity contribution in [1.29, 1.82) is 5.26 Å². The molecule has 0 amide bonds. The molecule has 1 aromatic heterocycles. The molecule has 0 N–H and O–H groups in total. The highest BCUT2D eigenvalue weighted by molar-refractivity contribution is 7.07. The van der Waals surface area contributed by atoms with Gasteiger partial charge in [-0.3, -0.25) is 9.36 Å². The number of carbonyl (C=O) groups is 1. The molecule has 1 aliphatic heterocycles. The topological polar surface area (TPSA) is 103 Å². The number of hydrogen-bond acceptors (Lipinski definition) is 8. The predicted molar refractivity (Wildman–Crippen MR) is 152 cm³/mol. The van der Waals surface area contributed by atoms with E-state index in [-0.39, 0.29) is 24.3 Å². The van der Waals surface area contributed by atoms with Gasteiger partial charge in [0.15, 0.2) is 22.9 Å². The number of hydrogen-bond donors (Lipinski definition) is 0. The summed E-state index contributed by atoms with van der Waals surface area (Å²) in [6, 6.07) is 21.0. The number of aromatic nitrogens is 1. The third kappa shape index (κ3) is 5.53. The first-order chi connectivity index (χ1) is 19.9. The summed E-state index contributed by atoms with van der Waals surface area (Å²) in [5.41, 5.74) is 2.06. The Hall–Kier alpha value is -5.01. The summed E-state index contributed by atoms with van der Waals surface area (Å²) in [6.07, 6.45) is 1.69. The zero-order chi connectivity index (χ0) is 28.9. The number of methoxy groups -OCH3 is 1. The third-order valence-corrected chi connectivity index (χ3v) is 7.32. The van der Waals surface area contributed by atoms with Crippen LogP contribution in [0.3, 0.4) is 0 Å². The van der Waals surface area contributed by atoms with Gasteiger partial charge in [-0.1, -0.05) is 59.9 Å². The molecule has 0 unspecified atom stereocenters. The molecule has 0 saturated carbocycles. The lowest BCUT2D eigenvalue weighted by Gasteiger charge is -2.25. The van der Waals surface area contributed by atoms with Gasteiger partial charge in [-0.2, -0.15) is 5.26 Å². The van der Waals surface area contributed by atoms with Gasteiger partial charge in [0.25, 0.3) is 5.56 Å². The number of ether oxygens (including phenoxy) is 3. The number of rotatable bonds is 8. The van der Waals surface area contributed by atoms with E-state index >= 15 is 0 Å². The monoisotopic (exact) mass is 569 g/mol. The molecule has 4 aromatic rings. The second kappa shape index (κ2) is 12.0. The fraction of sp³-hybridized carbons (Fsp3) is 0.161. The standard InChI is InChI=1S/C31H24FN3O5S/c1-3-39-30(37)26-27(20-7-5-4-6-8-20)34-31-35(28(26)21-10-12-22(32)13-11-21)29(36)25(41-31)18-19-9-14-23(40-16-15-33)24(17-19)38-2/h4-14,17-18,28H,3,16H2,1-2H3/t28-/m1/s1. The quantitative estimate of drug-likeness (QED) is 0.298. The van der Waals surface area contributed by atoms with E-state index in [1.165, 1.54) is 35.1 Å². The lowest BCUT2D eigenvalue weighted by Crippen LogP contribution is -2.40. The molecule has 0 radical (unpaired) electrons. The van der Waals surface area contributed by atoms with E-state index in [2.05, 4.69) is 0 Å². The number of fused-ring (bicyclic) bond motifs is 1. The molecular formula is C31H24FN3O5S. The van der Waals surface area contributed by atoms with Crippen molar-refractivity contribution in [1.82, 2.24) is 4.57 Å². The summed E-state index contributed by atoms with van der Waals surface area (Å²) in [6.45, 7) is 1.69. The van der Waals surface area contributed by atoms with Crippen LogP contribution in [0, 0.1) is 17.1 Å². The average Bonchev–Trinajstić information content (AvgIpc) is 3.30.